The molecule has 1 aromatic heterocycles. The van der Waals surface area contributed by atoms with Crippen LogP contribution in [0.3, 0.4) is 0 Å². The van der Waals surface area contributed by atoms with Crippen LogP contribution >= 0.6 is 0 Å². The van der Waals surface area contributed by atoms with Gasteiger partial charge in [0.05, 0.1) is 5.69 Å². The summed E-state index contributed by atoms with van der Waals surface area (Å²) in [6, 6.07) is 0.600. The number of oxazole rings is 1. The molecule has 0 aliphatic carbocycles. The second kappa shape index (κ2) is 5.19. The molecule has 0 radical (unpaired) electrons. The number of piperidine rings is 1. The van der Waals surface area contributed by atoms with Crippen LogP contribution in [0.1, 0.15) is 57.2 Å². The SMILES string of the molecule is CC(N)c1coc(C2CCN(C(C)C)CC2)n1. The molecule has 1 aliphatic heterocycles. The third kappa shape index (κ3) is 2.87. The first-order valence-electron chi connectivity index (χ1n) is 6.53. The zero-order valence-electron chi connectivity index (χ0n) is 11.0. The van der Waals surface area contributed by atoms with Crippen molar-refractivity contribution in [3.8, 4) is 0 Å². The van der Waals surface area contributed by atoms with Crippen molar-refractivity contribution in [2.75, 3.05) is 13.1 Å². The van der Waals surface area contributed by atoms with Crippen LogP contribution in [-0.4, -0.2) is 29.0 Å². The fourth-order valence-corrected chi connectivity index (χ4v) is 2.36. The zero-order chi connectivity index (χ0) is 12.4. The molecule has 2 N–H and O–H groups in total. The molecule has 1 aromatic rings. The standard InChI is InChI=1S/C13H23N3O/c1-9(2)16-6-4-11(5-7-16)13-15-12(8-17-13)10(3)14/h8-11H,4-7,14H2,1-3H3. The summed E-state index contributed by atoms with van der Waals surface area (Å²) in [6.07, 6.45) is 3.98. The molecule has 1 atom stereocenters. The Balaban J connectivity index is 1.96. The molecule has 2 heterocycles. The van der Waals surface area contributed by atoms with Crippen molar-refractivity contribution in [3.05, 3.63) is 17.8 Å². The van der Waals surface area contributed by atoms with Gasteiger partial charge < -0.3 is 15.1 Å². The van der Waals surface area contributed by atoms with E-state index in [1.54, 1.807) is 6.26 Å². The predicted molar refractivity (Wildman–Crippen MR) is 67.8 cm³/mol. The van der Waals surface area contributed by atoms with Gasteiger partial charge in [-0.05, 0) is 46.7 Å². The van der Waals surface area contributed by atoms with E-state index in [1.807, 2.05) is 6.92 Å². The molecule has 0 spiro atoms. The highest BCUT2D eigenvalue weighted by atomic mass is 16.3. The third-order valence-corrected chi connectivity index (χ3v) is 3.62. The Morgan fingerprint density at radius 3 is 2.47 bits per heavy atom. The molecular formula is C13H23N3O. The summed E-state index contributed by atoms with van der Waals surface area (Å²) in [4.78, 5) is 7.00. The van der Waals surface area contributed by atoms with Crippen molar-refractivity contribution < 1.29 is 4.42 Å². The molecule has 0 bridgehead atoms. The summed E-state index contributed by atoms with van der Waals surface area (Å²) in [5, 5.41) is 0. The lowest BCUT2D eigenvalue weighted by Gasteiger charge is -2.33. The topological polar surface area (TPSA) is 55.3 Å². The molecule has 0 amide bonds. The average Bonchev–Trinajstić information content (AvgIpc) is 2.78. The summed E-state index contributed by atoms with van der Waals surface area (Å²) in [5.74, 6) is 1.35. The highest BCUT2D eigenvalue weighted by Crippen LogP contribution is 2.28. The second-order valence-corrected chi connectivity index (χ2v) is 5.30. The van der Waals surface area contributed by atoms with Crippen LogP contribution < -0.4 is 5.73 Å². The van der Waals surface area contributed by atoms with E-state index in [0.717, 1.165) is 37.5 Å². The van der Waals surface area contributed by atoms with Crippen LogP contribution in [0.25, 0.3) is 0 Å². The first-order chi connectivity index (χ1) is 8.08. The monoisotopic (exact) mass is 237 g/mol. The minimum atomic E-state index is -0.0387. The fourth-order valence-electron chi connectivity index (χ4n) is 2.36. The third-order valence-electron chi connectivity index (χ3n) is 3.62. The predicted octanol–water partition coefficient (Wildman–Crippen LogP) is 2.28. The highest BCUT2D eigenvalue weighted by molar-refractivity contribution is 5.05. The Morgan fingerprint density at radius 2 is 2.00 bits per heavy atom. The zero-order valence-corrected chi connectivity index (χ0v) is 11.0. The summed E-state index contributed by atoms with van der Waals surface area (Å²) >= 11 is 0. The van der Waals surface area contributed by atoms with E-state index in [1.165, 1.54) is 0 Å². The van der Waals surface area contributed by atoms with E-state index in [2.05, 4.69) is 23.7 Å². The van der Waals surface area contributed by atoms with Crippen molar-refractivity contribution in [1.82, 2.24) is 9.88 Å². The summed E-state index contributed by atoms with van der Waals surface area (Å²) < 4.78 is 5.55. The normalized spacial score (nSPS) is 21.0. The van der Waals surface area contributed by atoms with E-state index in [-0.39, 0.29) is 6.04 Å². The minimum absolute atomic E-state index is 0.0387. The smallest absolute Gasteiger partial charge is 0.197 e. The number of hydrogen-bond donors (Lipinski definition) is 1. The maximum absolute atomic E-state index is 5.79. The van der Waals surface area contributed by atoms with Gasteiger partial charge in [-0.25, -0.2) is 4.98 Å². The molecule has 0 aromatic carbocycles. The number of likely N-dealkylation sites (tertiary alicyclic amines) is 1. The molecule has 2 rings (SSSR count). The summed E-state index contributed by atoms with van der Waals surface area (Å²) in [5.41, 5.74) is 6.65. The van der Waals surface area contributed by atoms with Gasteiger partial charge >= 0.3 is 0 Å². The van der Waals surface area contributed by atoms with Gasteiger partial charge in [-0.1, -0.05) is 0 Å². The Kier molecular flexibility index (Phi) is 3.84. The minimum Gasteiger partial charge on any atom is -0.448 e. The molecule has 4 nitrogen and oxygen atoms in total. The first-order valence-corrected chi connectivity index (χ1v) is 6.53. The summed E-state index contributed by atoms with van der Waals surface area (Å²) in [6.45, 7) is 8.71. The molecule has 96 valence electrons. The van der Waals surface area contributed by atoms with E-state index in [9.17, 15) is 0 Å². The first kappa shape index (κ1) is 12.6. The van der Waals surface area contributed by atoms with Crippen molar-refractivity contribution in [1.29, 1.82) is 0 Å². The molecule has 17 heavy (non-hydrogen) atoms. The van der Waals surface area contributed by atoms with E-state index in [4.69, 9.17) is 10.2 Å². The lowest BCUT2D eigenvalue weighted by atomic mass is 9.96. The number of nitrogens with zero attached hydrogens (tertiary/aromatic N) is 2. The van der Waals surface area contributed by atoms with Gasteiger partial charge in [0.2, 0.25) is 0 Å². The highest BCUT2D eigenvalue weighted by Gasteiger charge is 2.25. The van der Waals surface area contributed by atoms with Gasteiger partial charge in [0.1, 0.15) is 6.26 Å². The second-order valence-electron chi connectivity index (χ2n) is 5.30. The molecule has 1 fully saturated rings. The van der Waals surface area contributed by atoms with Gasteiger partial charge in [-0.3, -0.25) is 0 Å². The molecular weight excluding hydrogens is 214 g/mol. The number of aromatic nitrogens is 1. The van der Waals surface area contributed by atoms with Crippen LogP contribution in [0.5, 0.6) is 0 Å². The molecule has 1 aliphatic rings. The number of rotatable bonds is 3. The van der Waals surface area contributed by atoms with Gasteiger partial charge in [-0.15, -0.1) is 0 Å². The van der Waals surface area contributed by atoms with Crippen molar-refractivity contribution in [2.24, 2.45) is 5.73 Å². The lowest BCUT2D eigenvalue weighted by Crippen LogP contribution is -2.37. The fraction of sp³-hybridized carbons (Fsp3) is 0.769. The quantitative estimate of drug-likeness (QED) is 0.876. The van der Waals surface area contributed by atoms with Crippen molar-refractivity contribution in [3.63, 3.8) is 0 Å². The van der Waals surface area contributed by atoms with Crippen molar-refractivity contribution >= 4 is 0 Å². The maximum atomic E-state index is 5.79. The number of hydrogen-bond acceptors (Lipinski definition) is 4. The molecule has 1 unspecified atom stereocenters. The van der Waals surface area contributed by atoms with Gasteiger partial charge in [-0.2, -0.15) is 0 Å². The van der Waals surface area contributed by atoms with E-state index < -0.39 is 0 Å². The molecule has 0 saturated carbocycles. The largest absolute Gasteiger partial charge is 0.448 e. The Bertz CT molecular complexity index is 351. The van der Waals surface area contributed by atoms with Crippen LogP contribution in [0.4, 0.5) is 0 Å². The van der Waals surface area contributed by atoms with Gasteiger partial charge in [0, 0.05) is 18.0 Å². The van der Waals surface area contributed by atoms with Gasteiger partial charge in [0.25, 0.3) is 0 Å². The molecule has 1 saturated heterocycles. The maximum Gasteiger partial charge on any atom is 0.197 e. The average molecular weight is 237 g/mol. The molecule has 4 heteroatoms. The van der Waals surface area contributed by atoms with Crippen LogP contribution in [-0.2, 0) is 0 Å². The van der Waals surface area contributed by atoms with E-state index in [0.29, 0.717) is 12.0 Å². The van der Waals surface area contributed by atoms with Crippen LogP contribution in [0, 0.1) is 0 Å². The summed E-state index contributed by atoms with van der Waals surface area (Å²) in [7, 11) is 0. The van der Waals surface area contributed by atoms with Crippen LogP contribution in [0.15, 0.2) is 10.7 Å². The Morgan fingerprint density at radius 1 is 1.35 bits per heavy atom. The van der Waals surface area contributed by atoms with Crippen molar-refractivity contribution in [2.45, 2.75) is 51.6 Å². The van der Waals surface area contributed by atoms with Crippen LogP contribution in [0.2, 0.25) is 0 Å². The number of nitrogens with two attached hydrogens (primary N) is 1. The Labute approximate surface area is 103 Å². The van der Waals surface area contributed by atoms with E-state index >= 15 is 0 Å². The van der Waals surface area contributed by atoms with Gasteiger partial charge in [0.15, 0.2) is 5.89 Å². The lowest BCUT2D eigenvalue weighted by molar-refractivity contribution is 0.163. The Hall–Kier alpha value is -0.870.